The molecule has 0 saturated carbocycles. The normalized spacial score (nSPS) is 9.67. The number of hydrogen-bond acceptors (Lipinski definition) is 4. The van der Waals surface area contributed by atoms with E-state index in [4.69, 9.17) is 21.5 Å². The molecule has 0 saturated heterocycles. The van der Waals surface area contributed by atoms with Gasteiger partial charge in [-0.15, -0.1) is 0 Å². The molecule has 2 aromatic heterocycles. The maximum Gasteiger partial charge on any atom is 0.290 e. The zero-order chi connectivity index (χ0) is 15.8. The van der Waals surface area contributed by atoms with Gasteiger partial charge in [0.15, 0.2) is 5.69 Å². The molecule has 0 aliphatic carbocycles. The van der Waals surface area contributed by atoms with E-state index in [1.807, 2.05) is 17.8 Å². The maximum absolute atomic E-state index is 11.8. The Labute approximate surface area is 126 Å². The molecule has 0 radical (unpaired) electrons. The highest BCUT2D eigenvalue weighted by Crippen LogP contribution is 2.12. The SMILES string of the molecule is Cn1cc(Cl)c(C(=O)NCCc2nccn2C)n1.O=CO. The summed E-state index contributed by atoms with van der Waals surface area (Å²) in [5, 5.41) is 14.0. The lowest BCUT2D eigenvalue weighted by Gasteiger charge is -2.03. The molecule has 0 aliphatic heterocycles. The molecule has 21 heavy (non-hydrogen) atoms. The Hall–Kier alpha value is -2.35. The highest BCUT2D eigenvalue weighted by molar-refractivity contribution is 6.33. The molecule has 0 bridgehead atoms. The van der Waals surface area contributed by atoms with E-state index in [2.05, 4.69) is 15.4 Å². The number of carbonyl (C=O) groups excluding carboxylic acids is 1. The number of aromatic nitrogens is 4. The van der Waals surface area contributed by atoms with Crippen LogP contribution in [0.4, 0.5) is 0 Å². The van der Waals surface area contributed by atoms with Crippen LogP contribution in [0.15, 0.2) is 18.6 Å². The second-order valence-corrected chi connectivity index (χ2v) is 4.47. The van der Waals surface area contributed by atoms with Crippen molar-refractivity contribution >= 4 is 24.0 Å². The first kappa shape index (κ1) is 16.7. The zero-order valence-corrected chi connectivity index (χ0v) is 12.4. The number of amides is 1. The van der Waals surface area contributed by atoms with E-state index in [0.29, 0.717) is 18.0 Å². The lowest BCUT2D eigenvalue weighted by atomic mass is 10.3. The highest BCUT2D eigenvalue weighted by Gasteiger charge is 2.14. The number of rotatable bonds is 4. The lowest BCUT2D eigenvalue weighted by Crippen LogP contribution is -2.27. The van der Waals surface area contributed by atoms with Crippen LogP contribution in [0.5, 0.6) is 0 Å². The molecule has 1 amide bonds. The average molecular weight is 314 g/mol. The number of nitrogens with zero attached hydrogens (tertiary/aromatic N) is 4. The van der Waals surface area contributed by atoms with Gasteiger partial charge in [0.2, 0.25) is 0 Å². The molecule has 2 heterocycles. The minimum absolute atomic E-state index is 0.249. The zero-order valence-electron chi connectivity index (χ0n) is 11.7. The van der Waals surface area contributed by atoms with Crippen LogP contribution >= 0.6 is 11.6 Å². The molecule has 2 N–H and O–H groups in total. The van der Waals surface area contributed by atoms with Crippen molar-refractivity contribution in [2.75, 3.05) is 6.54 Å². The maximum atomic E-state index is 11.8. The predicted molar refractivity (Wildman–Crippen MR) is 76.2 cm³/mol. The molecule has 0 aromatic carbocycles. The van der Waals surface area contributed by atoms with Crippen LogP contribution in [0.3, 0.4) is 0 Å². The summed E-state index contributed by atoms with van der Waals surface area (Å²) >= 11 is 5.88. The predicted octanol–water partition coefficient (Wildman–Crippen LogP) is 0.480. The van der Waals surface area contributed by atoms with E-state index in [9.17, 15) is 4.79 Å². The first-order valence-electron chi connectivity index (χ1n) is 6.01. The smallest absolute Gasteiger partial charge is 0.290 e. The summed E-state index contributed by atoms with van der Waals surface area (Å²) in [5.74, 6) is 0.650. The lowest BCUT2D eigenvalue weighted by molar-refractivity contribution is -0.122. The Morgan fingerprint density at radius 2 is 2.19 bits per heavy atom. The molecule has 0 fully saturated rings. The number of carboxylic acid groups (broad SMARTS) is 1. The number of nitrogens with one attached hydrogen (secondary N) is 1. The fourth-order valence-corrected chi connectivity index (χ4v) is 1.89. The van der Waals surface area contributed by atoms with Crippen LogP contribution in [0.2, 0.25) is 5.02 Å². The summed E-state index contributed by atoms with van der Waals surface area (Å²) in [5.41, 5.74) is 0.249. The quantitative estimate of drug-likeness (QED) is 0.799. The number of halogens is 1. The first-order chi connectivity index (χ1) is 9.99. The Morgan fingerprint density at radius 1 is 1.52 bits per heavy atom. The van der Waals surface area contributed by atoms with Gasteiger partial charge in [-0.1, -0.05) is 11.6 Å². The van der Waals surface area contributed by atoms with Gasteiger partial charge < -0.3 is 15.0 Å². The Bertz CT molecular complexity index is 608. The summed E-state index contributed by atoms with van der Waals surface area (Å²) in [4.78, 5) is 24.3. The minimum Gasteiger partial charge on any atom is -0.483 e. The molecular weight excluding hydrogens is 298 g/mol. The Balaban J connectivity index is 0.000000677. The van der Waals surface area contributed by atoms with Gasteiger partial charge in [0.05, 0.1) is 5.02 Å². The summed E-state index contributed by atoms with van der Waals surface area (Å²) in [6.45, 7) is 0.247. The van der Waals surface area contributed by atoms with Gasteiger partial charge in [-0.2, -0.15) is 5.10 Å². The Morgan fingerprint density at radius 3 is 2.67 bits per heavy atom. The number of carbonyl (C=O) groups is 2. The fraction of sp³-hybridized carbons (Fsp3) is 0.333. The molecule has 0 unspecified atom stereocenters. The van der Waals surface area contributed by atoms with Crippen LogP contribution in [-0.4, -0.2) is 43.4 Å². The first-order valence-corrected chi connectivity index (χ1v) is 6.38. The van der Waals surface area contributed by atoms with Gasteiger partial charge in [-0.05, 0) is 0 Å². The number of aryl methyl sites for hydroxylation is 2. The van der Waals surface area contributed by atoms with Gasteiger partial charge in [0.25, 0.3) is 12.4 Å². The highest BCUT2D eigenvalue weighted by atomic mass is 35.5. The van der Waals surface area contributed by atoms with E-state index in [0.717, 1.165) is 5.82 Å². The minimum atomic E-state index is -0.269. The summed E-state index contributed by atoms with van der Waals surface area (Å²) in [6, 6.07) is 0. The summed E-state index contributed by atoms with van der Waals surface area (Å²) in [6.07, 6.45) is 5.86. The number of hydrogen-bond donors (Lipinski definition) is 2. The van der Waals surface area contributed by atoms with Crippen molar-refractivity contribution in [2.45, 2.75) is 6.42 Å². The molecule has 0 atom stereocenters. The largest absolute Gasteiger partial charge is 0.483 e. The van der Waals surface area contributed by atoms with Crippen LogP contribution in [-0.2, 0) is 25.3 Å². The molecule has 0 spiro atoms. The van der Waals surface area contributed by atoms with Crippen molar-refractivity contribution in [1.29, 1.82) is 0 Å². The van der Waals surface area contributed by atoms with E-state index >= 15 is 0 Å². The third-order valence-corrected chi connectivity index (χ3v) is 2.83. The van der Waals surface area contributed by atoms with Gasteiger partial charge in [-0.25, -0.2) is 4.98 Å². The fourth-order valence-electron chi connectivity index (χ4n) is 1.62. The van der Waals surface area contributed by atoms with Crippen molar-refractivity contribution in [1.82, 2.24) is 24.6 Å². The van der Waals surface area contributed by atoms with Gasteiger partial charge in [0.1, 0.15) is 5.82 Å². The van der Waals surface area contributed by atoms with Crippen molar-refractivity contribution in [2.24, 2.45) is 14.1 Å². The van der Waals surface area contributed by atoms with Crippen molar-refractivity contribution in [3.8, 4) is 0 Å². The van der Waals surface area contributed by atoms with Crippen LogP contribution in [0.1, 0.15) is 16.3 Å². The summed E-state index contributed by atoms with van der Waals surface area (Å²) in [7, 11) is 3.64. The van der Waals surface area contributed by atoms with Crippen molar-refractivity contribution < 1.29 is 14.7 Å². The molecule has 2 rings (SSSR count). The third-order valence-electron chi connectivity index (χ3n) is 2.55. The molecule has 8 nitrogen and oxygen atoms in total. The van der Waals surface area contributed by atoms with E-state index in [1.54, 1.807) is 19.4 Å². The van der Waals surface area contributed by atoms with E-state index < -0.39 is 0 Å². The van der Waals surface area contributed by atoms with Crippen LogP contribution in [0.25, 0.3) is 0 Å². The molecule has 9 heteroatoms. The van der Waals surface area contributed by atoms with Gasteiger partial charge in [0, 0.05) is 45.7 Å². The average Bonchev–Trinajstić information content (AvgIpc) is 2.96. The van der Waals surface area contributed by atoms with E-state index in [1.165, 1.54) is 4.68 Å². The summed E-state index contributed by atoms with van der Waals surface area (Å²) < 4.78 is 3.43. The monoisotopic (exact) mass is 313 g/mol. The molecule has 0 aliphatic rings. The van der Waals surface area contributed by atoms with Gasteiger partial charge in [-0.3, -0.25) is 14.3 Å². The standard InChI is InChI=1S/C11H14ClN5O.CH2O2/c1-16-6-5-13-9(16)3-4-14-11(18)10-8(12)7-17(2)15-10;2-1-3/h5-7H,3-4H2,1-2H3,(H,14,18);1H,(H,2,3). The topological polar surface area (TPSA) is 102 Å². The molecule has 114 valence electrons. The second-order valence-electron chi connectivity index (χ2n) is 4.06. The molecule has 2 aromatic rings. The van der Waals surface area contributed by atoms with Crippen molar-refractivity contribution in [3.63, 3.8) is 0 Å². The number of imidazole rings is 1. The Kier molecular flexibility index (Phi) is 6.41. The van der Waals surface area contributed by atoms with E-state index in [-0.39, 0.29) is 18.1 Å². The van der Waals surface area contributed by atoms with Gasteiger partial charge >= 0.3 is 0 Å². The second kappa shape index (κ2) is 8.05. The van der Waals surface area contributed by atoms with Crippen LogP contribution < -0.4 is 5.32 Å². The third kappa shape index (κ3) is 4.92. The van der Waals surface area contributed by atoms with Crippen LogP contribution in [0, 0.1) is 0 Å². The van der Waals surface area contributed by atoms with Crippen molar-refractivity contribution in [3.05, 3.63) is 35.1 Å². The molecular formula is C12H16ClN5O3.